The van der Waals surface area contributed by atoms with Crippen LogP contribution in [0.3, 0.4) is 0 Å². The van der Waals surface area contributed by atoms with Gasteiger partial charge in [-0.25, -0.2) is 12.7 Å². The van der Waals surface area contributed by atoms with E-state index in [4.69, 9.17) is 0 Å². The topological polar surface area (TPSA) is 54.5 Å². The Bertz CT molecular complexity index is 808. The molecule has 0 bridgehead atoms. The minimum atomic E-state index is -3.97. The summed E-state index contributed by atoms with van der Waals surface area (Å²) in [6.07, 6.45) is 1.52. The van der Waals surface area contributed by atoms with Crippen molar-refractivity contribution in [2.24, 2.45) is 0 Å². The fraction of sp³-hybridized carbons (Fsp3) is 0.118. The zero-order chi connectivity index (χ0) is 16.3. The number of para-hydroxylation sites is 1. The van der Waals surface area contributed by atoms with Gasteiger partial charge in [0.25, 0.3) is 10.0 Å². The first-order chi connectivity index (χ1) is 10.4. The average Bonchev–Trinajstić information content (AvgIpc) is 2.47. The highest BCUT2D eigenvalue weighted by molar-refractivity contribution is 7.93. The maximum atomic E-state index is 12.8. The SMILES string of the molecule is C=Cc1ccccc1N(C(C)=O)S(=O)(=O)c1ccc(C)cc1. The fourth-order valence-corrected chi connectivity index (χ4v) is 3.58. The van der Waals surface area contributed by atoms with Crippen LogP contribution in [0.1, 0.15) is 18.1 Å². The lowest BCUT2D eigenvalue weighted by molar-refractivity contribution is -0.115. The van der Waals surface area contributed by atoms with Crippen LogP contribution < -0.4 is 4.31 Å². The van der Waals surface area contributed by atoms with Gasteiger partial charge in [-0.2, -0.15) is 0 Å². The predicted octanol–water partition coefficient (Wildman–Crippen LogP) is 3.38. The number of amides is 1. The maximum Gasteiger partial charge on any atom is 0.270 e. The first-order valence-electron chi connectivity index (χ1n) is 6.72. The standard InChI is InChI=1S/C17H17NO3S/c1-4-15-7-5-6-8-17(15)18(14(3)19)22(20,21)16-11-9-13(2)10-12-16/h4-12H,1H2,2-3H3. The van der Waals surface area contributed by atoms with Crippen LogP contribution >= 0.6 is 0 Å². The summed E-state index contributed by atoms with van der Waals surface area (Å²) in [4.78, 5) is 12.1. The molecular weight excluding hydrogens is 298 g/mol. The molecule has 0 heterocycles. The molecule has 0 aliphatic rings. The average molecular weight is 315 g/mol. The van der Waals surface area contributed by atoms with Crippen molar-refractivity contribution in [1.29, 1.82) is 0 Å². The largest absolute Gasteiger partial charge is 0.274 e. The van der Waals surface area contributed by atoms with E-state index in [0.717, 1.165) is 9.87 Å². The molecule has 114 valence electrons. The van der Waals surface area contributed by atoms with Crippen LogP contribution in [0.2, 0.25) is 0 Å². The van der Waals surface area contributed by atoms with Gasteiger partial charge in [0.05, 0.1) is 10.6 Å². The van der Waals surface area contributed by atoms with E-state index < -0.39 is 15.9 Å². The van der Waals surface area contributed by atoms with E-state index in [1.807, 2.05) is 6.92 Å². The van der Waals surface area contributed by atoms with Crippen LogP contribution in [0.15, 0.2) is 60.0 Å². The Morgan fingerprint density at radius 1 is 1.09 bits per heavy atom. The van der Waals surface area contributed by atoms with Gasteiger partial charge in [0.15, 0.2) is 0 Å². The third kappa shape index (κ3) is 2.94. The Hall–Kier alpha value is -2.40. The molecule has 0 radical (unpaired) electrons. The molecular formula is C17H17NO3S. The van der Waals surface area contributed by atoms with Crippen LogP contribution in [0.25, 0.3) is 6.08 Å². The zero-order valence-electron chi connectivity index (χ0n) is 12.5. The van der Waals surface area contributed by atoms with E-state index >= 15 is 0 Å². The predicted molar refractivity (Wildman–Crippen MR) is 88.1 cm³/mol. The summed E-state index contributed by atoms with van der Waals surface area (Å²) in [6.45, 7) is 6.76. The Balaban J connectivity index is 2.64. The van der Waals surface area contributed by atoms with Gasteiger partial charge in [-0.3, -0.25) is 4.79 Å². The number of anilines is 1. The molecule has 0 spiro atoms. The molecule has 2 aromatic carbocycles. The Morgan fingerprint density at radius 2 is 1.68 bits per heavy atom. The van der Waals surface area contributed by atoms with Crippen molar-refractivity contribution < 1.29 is 13.2 Å². The van der Waals surface area contributed by atoms with E-state index in [-0.39, 0.29) is 4.90 Å². The molecule has 0 aliphatic carbocycles. The second kappa shape index (κ2) is 6.15. The Morgan fingerprint density at radius 3 is 2.23 bits per heavy atom. The lowest BCUT2D eigenvalue weighted by Crippen LogP contribution is -2.35. The summed E-state index contributed by atoms with van der Waals surface area (Å²) in [5.41, 5.74) is 1.82. The molecule has 0 N–H and O–H groups in total. The number of sulfonamides is 1. The number of benzene rings is 2. The van der Waals surface area contributed by atoms with Gasteiger partial charge in [-0.15, -0.1) is 0 Å². The highest BCUT2D eigenvalue weighted by Crippen LogP contribution is 2.28. The lowest BCUT2D eigenvalue weighted by atomic mass is 10.2. The summed E-state index contributed by atoms with van der Waals surface area (Å²) in [6, 6.07) is 13.1. The van der Waals surface area contributed by atoms with Gasteiger partial charge in [0.2, 0.25) is 5.91 Å². The first-order valence-corrected chi connectivity index (χ1v) is 8.16. The third-order valence-electron chi connectivity index (χ3n) is 3.22. The van der Waals surface area contributed by atoms with Crippen molar-refractivity contribution in [3.8, 4) is 0 Å². The van der Waals surface area contributed by atoms with Crippen molar-refractivity contribution in [3.05, 3.63) is 66.2 Å². The summed E-state index contributed by atoms with van der Waals surface area (Å²) < 4.78 is 26.5. The van der Waals surface area contributed by atoms with Crippen molar-refractivity contribution >= 4 is 27.7 Å². The Kier molecular flexibility index (Phi) is 4.47. The molecule has 2 aromatic rings. The van der Waals surface area contributed by atoms with Gasteiger partial charge < -0.3 is 0 Å². The Labute approximate surface area is 130 Å². The van der Waals surface area contributed by atoms with Crippen LogP contribution in [0.4, 0.5) is 5.69 Å². The molecule has 0 fully saturated rings. The van der Waals surface area contributed by atoms with E-state index in [9.17, 15) is 13.2 Å². The quantitative estimate of drug-likeness (QED) is 0.869. The van der Waals surface area contributed by atoms with Gasteiger partial charge in [0, 0.05) is 6.92 Å². The number of carbonyl (C=O) groups excluding carboxylic acids is 1. The molecule has 0 aromatic heterocycles. The van der Waals surface area contributed by atoms with Gasteiger partial charge in [-0.05, 0) is 30.7 Å². The second-order valence-electron chi connectivity index (χ2n) is 4.86. The van der Waals surface area contributed by atoms with Crippen LogP contribution in [0, 0.1) is 6.92 Å². The van der Waals surface area contributed by atoms with Crippen LogP contribution in [-0.4, -0.2) is 14.3 Å². The minimum absolute atomic E-state index is 0.0761. The highest BCUT2D eigenvalue weighted by Gasteiger charge is 2.29. The molecule has 2 rings (SSSR count). The second-order valence-corrected chi connectivity index (χ2v) is 6.65. The van der Waals surface area contributed by atoms with E-state index in [1.165, 1.54) is 25.1 Å². The number of hydrogen-bond acceptors (Lipinski definition) is 3. The normalized spacial score (nSPS) is 11.0. The summed E-state index contributed by atoms with van der Waals surface area (Å²) in [5.74, 6) is -0.574. The molecule has 0 aliphatic heterocycles. The fourth-order valence-electron chi connectivity index (χ4n) is 2.13. The highest BCUT2D eigenvalue weighted by atomic mass is 32.2. The van der Waals surface area contributed by atoms with Crippen molar-refractivity contribution in [2.45, 2.75) is 18.7 Å². The summed E-state index contributed by atoms with van der Waals surface area (Å²) in [7, 11) is -3.97. The zero-order valence-corrected chi connectivity index (χ0v) is 13.3. The number of hydrogen-bond donors (Lipinski definition) is 0. The van der Waals surface area contributed by atoms with E-state index in [1.54, 1.807) is 36.4 Å². The smallest absolute Gasteiger partial charge is 0.270 e. The molecule has 22 heavy (non-hydrogen) atoms. The van der Waals surface area contributed by atoms with Gasteiger partial charge in [-0.1, -0.05) is 48.6 Å². The van der Waals surface area contributed by atoms with E-state index in [2.05, 4.69) is 6.58 Å². The number of nitrogens with zero attached hydrogens (tertiary/aromatic N) is 1. The van der Waals surface area contributed by atoms with Crippen molar-refractivity contribution in [1.82, 2.24) is 0 Å². The first kappa shape index (κ1) is 16.0. The molecule has 0 unspecified atom stereocenters. The third-order valence-corrected chi connectivity index (χ3v) is 5.02. The monoisotopic (exact) mass is 315 g/mol. The van der Waals surface area contributed by atoms with Crippen LogP contribution in [-0.2, 0) is 14.8 Å². The van der Waals surface area contributed by atoms with Crippen molar-refractivity contribution in [2.75, 3.05) is 4.31 Å². The molecule has 0 atom stereocenters. The lowest BCUT2D eigenvalue weighted by Gasteiger charge is -2.23. The van der Waals surface area contributed by atoms with E-state index in [0.29, 0.717) is 11.3 Å². The summed E-state index contributed by atoms with van der Waals surface area (Å²) in [5, 5.41) is 0. The van der Waals surface area contributed by atoms with Gasteiger partial charge >= 0.3 is 0 Å². The molecule has 0 saturated heterocycles. The molecule has 4 nitrogen and oxygen atoms in total. The van der Waals surface area contributed by atoms with Gasteiger partial charge in [0.1, 0.15) is 0 Å². The number of aryl methyl sites for hydroxylation is 1. The van der Waals surface area contributed by atoms with Crippen molar-refractivity contribution in [3.63, 3.8) is 0 Å². The van der Waals surface area contributed by atoms with Crippen LogP contribution in [0.5, 0.6) is 0 Å². The maximum absolute atomic E-state index is 12.8. The number of rotatable bonds is 4. The molecule has 1 amide bonds. The molecule has 0 saturated carbocycles. The molecule has 5 heteroatoms. The summed E-state index contributed by atoms with van der Waals surface area (Å²) >= 11 is 0. The minimum Gasteiger partial charge on any atom is -0.274 e. The number of carbonyl (C=O) groups is 1.